The van der Waals surface area contributed by atoms with E-state index in [4.69, 9.17) is 11.6 Å². The molecule has 1 unspecified atom stereocenters. The predicted molar refractivity (Wildman–Crippen MR) is 100 cm³/mol. The van der Waals surface area contributed by atoms with Gasteiger partial charge >= 0.3 is 0 Å². The second kappa shape index (κ2) is 6.68. The fourth-order valence-corrected chi connectivity index (χ4v) is 5.57. The Morgan fingerprint density at radius 3 is 2.77 bits per heavy atom. The maximum atomic E-state index is 13.4. The number of H-pyrrole nitrogens is 1. The number of nitrogens with one attached hydrogen (secondary N) is 1. The van der Waals surface area contributed by atoms with E-state index in [9.17, 15) is 12.8 Å². The first-order valence-electron chi connectivity index (χ1n) is 8.48. The average molecular weight is 393 g/mol. The molecule has 1 saturated heterocycles. The van der Waals surface area contributed by atoms with E-state index in [1.165, 1.54) is 22.5 Å². The van der Waals surface area contributed by atoms with Crippen LogP contribution in [0.4, 0.5) is 4.39 Å². The van der Waals surface area contributed by atoms with Gasteiger partial charge in [0, 0.05) is 35.6 Å². The third kappa shape index (κ3) is 3.13. The fourth-order valence-electron chi connectivity index (χ4n) is 3.55. The van der Waals surface area contributed by atoms with Crippen LogP contribution in [-0.4, -0.2) is 30.8 Å². The summed E-state index contributed by atoms with van der Waals surface area (Å²) in [5.41, 5.74) is 1.79. The highest BCUT2D eigenvalue weighted by Crippen LogP contribution is 2.33. The van der Waals surface area contributed by atoms with Crippen molar-refractivity contribution in [3.05, 3.63) is 65.1 Å². The Kier molecular flexibility index (Phi) is 4.50. The van der Waals surface area contributed by atoms with Gasteiger partial charge in [-0.3, -0.25) is 0 Å². The van der Waals surface area contributed by atoms with Gasteiger partial charge in [-0.15, -0.1) is 0 Å². The normalized spacial score (nSPS) is 19.1. The van der Waals surface area contributed by atoms with Gasteiger partial charge in [-0.2, -0.15) is 4.31 Å². The Labute approximate surface area is 156 Å². The van der Waals surface area contributed by atoms with Crippen molar-refractivity contribution in [2.24, 2.45) is 0 Å². The number of aromatic nitrogens is 1. The van der Waals surface area contributed by atoms with Crippen LogP contribution in [0.25, 0.3) is 10.9 Å². The van der Waals surface area contributed by atoms with E-state index in [2.05, 4.69) is 4.98 Å². The third-order valence-electron chi connectivity index (χ3n) is 4.88. The number of nitrogens with zero attached hydrogens (tertiary/aromatic N) is 1. The van der Waals surface area contributed by atoms with Crippen LogP contribution in [0, 0.1) is 5.82 Å². The lowest BCUT2D eigenvalue weighted by Gasteiger charge is -2.31. The smallest absolute Gasteiger partial charge is 0.244 e. The zero-order chi connectivity index (χ0) is 18.3. The molecule has 26 heavy (non-hydrogen) atoms. The van der Waals surface area contributed by atoms with Gasteiger partial charge in [0.25, 0.3) is 0 Å². The van der Waals surface area contributed by atoms with Crippen molar-refractivity contribution in [1.82, 2.24) is 9.29 Å². The molecule has 0 amide bonds. The third-order valence-corrected chi connectivity index (χ3v) is 7.25. The van der Waals surface area contributed by atoms with Crippen LogP contribution in [0.1, 0.15) is 24.5 Å². The molecule has 3 aromatic rings. The molecule has 0 bridgehead atoms. The molecular weight excluding hydrogens is 375 g/mol. The van der Waals surface area contributed by atoms with Crippen LogP contribution >= 0.6 is 11.6 Å². The second-order valence-electron chi connectivity index (χ2n) is 6.59. The van der Waals surface area contributed by atoms with Crippen LogP contribution in [-0.2, 0) is 10.0 Å². The Morgan fingerprint density at radius 2 is 1.96 bits per heavy atom. The lowest BCUT2D eigenvalue weighted by Crippen LogP contribution is -2.39. The number of aromatic amines is 1. The molecule has 1 fully saturated rings. The molecule has 1 aliphatic heterocycles. The summed E-state index contributed by atoms with van der Waals surface area (Å²) < 4.78 is 40.9. The number of hydrogen-bond acceptors (Lipinski definition) is 2. The standard InChI is InChI=1S/C19H18ClFN2O2S/c20-16-5-1-2-6-19(16)26(24,25)23-9-3-4-13(12-23)18-11-14-10-15(21)7-8-17(14)22-18/h1-2,5-8,10-11,13,22H,3-4,9,12H2. The number of piperidine rings is 1. The van der Waals surface area contributed by atoms with Crippen LogP contribution in [0.5, 0.6) is 0 Å². The van der Waals surface area contributed by atoms with Crippen molar-refractivity contribution in [2.75, 3.05) is 13.1 Å². The largest absolute Gasteiger partial charge is 0.358 e. The SMILES string of the molecule is O=S(=O)(c1ccccc1Cl)N1CCCC(c2cc3cc(F)ccc3[nH]2)C1. The number of halogens is 2. The molecule has 1 atom stereocenters. The zero-order valence-corrected chi connectivity index (χ0v) is 15.5. The minimum Gasteiger partial charge on any atom is -0.358 e. The van der Waals surface area contributed by atoms with E-state index in [-0.39, 0.29) is 21.7 Å². The first kappa shape index (κ1) is 17.5. The van der Waals surface area contributed by atoms with E-state index in [0.717, 1.165) is 29.4 Å². The molecule has 2 heterocycles. The molecule has 136 valence electrons. The first-order valence-corrected chi connectivity index (χ1v) is 10.3. The lowest BCUT2D eigenvalue weighted by atomic mass is 9.96. The van der Waals surface area contributed by atoms with Gasteiger partial charge in [0.1, 0.15) is 10.7 Å². The summed E-state index contributed by atoms with van der Waals surface area (Å²) in [6.45, 7) is 0.849. The number of rotatable bonds is 3. The molecular formula is C19H18ClFN2O2S. The average Bonchev–Trinajstić information content (AvgIpc) is 3.05. The van der Waals surface area contributed by atoms with Gasteiger partial charge in [-0.1, -0.05) is 23.7 Å². The molecule has 7 heteroatoms. The van der Waals surface area contributed by atoms with E-state index >= 15 is 0 Å². The van der Waals surface area contributed by atoms with E-state index < -0.39 is 10.0 Å². The number of sulfonamides is 1. The van der Waals surface area contributed by atoms with Crippen molar-refractivity contribution in [3.8, 4) is 0 Å². The molecule has 2 aromatic carbocycles. The monoisotopic (exact) mass is 392 g/mol. The second-order valence-corrected chi connectivity index (χ2v) is 8.90. The van der Waals surface area contributed by atoms with Crippen molar-refractivity contribution < 1.29 is 12.8 Å². The summed E-state index contributed by atoms with van der Waals surface area (Å²) in [7, 11) is -3.64. The van der Waals surface area contributed by atoms with Crippen LogP contribution in [0.15, 0.2) is 53.4 Å². The first-order chi connectivity index (χ1) is 12.4. The van der Waals surface area contributed by atoms with Gasteiger partial charge < -0.3 is 4.98 Å². The Hall–Kier alpha value is -1.89. The lowest BCUT2D eigenvalue weighted by molar-refractivity contribution is 0.313. The highest BCUT2D eigenvalue weighted by molar-refractivity contribution is 7.89. The van der Waals surface area contributed by atoms with Gasteiger partial charge in [0.15, 0.2) is 0 Å². The maximum absolute atomic E-state index is 13.4. The molecule has 1 aliphatic rings. The van der Waals surface area contributed by atoms with Crippen LogP contribution in [0.3, 0.4) is 0 Å². The van der Waals surface area contributed by atoms with Crippen molar-refractivity contribution >= 4 is 32.5 Å². The molecule has 1 N–H and O–H groups in total. The Bertz CT molecular complexity index is 1060. The van der Waals surface area contributed by atoms with Gasteiger partial charge in [-0.05, 0) is 49.2 Å². The summed E-state index contributed by atoms with van der Waals surface area (Å²) in [5.74, 6) is -0.244. The molecule has 4 rings (SSSR count). The quantitative estimate of drug-likeness (QED) is 0.712. The van der Waals surface area contributed by atoms with Crippen molar-refractivity contribution in [3.63, 3.8) is 0 Å². The molecule has 0 saturated carbocycles. The summed E-state index contributed by atoms with van der Waals surface area (Å²) in [4.78, 5) is 3.44. The molecule has 4 nitrogen and oxygen atoms in total. The van der Waals surface area contributed by atoms with Gasteiger partial charge in [0.05, 0.1) is 5.02 Å². The summed E-state index contributed by atoms with van der Waals surface area (Å²) >= 11 is 6.10. The highest BCUT2D eigenvalue weighted by atomic mass is 35.5. The molecule has 0 spiro atoms. The topological polar surface area (TPSA) is 53.2 Å². The number of hydrogen-bond donors (Lipinski definition) is 1. The van der Waals surface area contributed by atoms with Gasteiger partial charge in [-0.25, -0.2) is 12.8 Å². The Balaban J connectivity index is 1.63. The van der Waals surface area contributed by atoms with Crippen molar-refractivity contribution in [1.29, 1.82) is 0 Å². The zero-order valence-electron chi connectivity index (χ0n) is 14.0. The maximum Gasteiger partial charge on any atom is 0.244 e. The van der Waals surface area contributed by atoms with Crippen LogP contribution < -0.4 is 0 Å². The molecule has 0 radical (unpaired) electrons. The Morgan fingerprint density at radius 1 is 1.15 bits per heavy atom. The predicted octanol–water partition coefficient (Wildman–Crippen LogP) is 4.53. The minimum atomic E-state index is -3.64. The summed E-state index contributed by atoms with van der Waals surface area (Å²) in [5, 5.41) is 1.03. The van der Waals surface area contributed by atoms with E-state index in [1.807, 2.05) is 6.07 Å². The molecule has 0 aliphatic carbocycles. The number of fused-ring (bicyclic) bond motifs is 1. The molecule has 1 aromatic heterocycles. The van der Waals surface area contributed by atoms with Crippen LogP contribution in [0.2, 0.25) is 5.02 Å². The number of benzene rings is 2. The highest BCUT2D eigenvalue weighted by Gasteiger charge is 2.32. The van der Waals surface area contributed by atoms with E-state index in [0.29, 0.717) is 13.1 Å². The summed E-state index contributed by atoms with van der Waals surface area (Å²) in [6, 6.07) is 13.0. The minimum absolute atomic E-state index is 0.0384. The van der Waals surface area contributed by atoms with Crippen molar-refractivity contribution in [2.45, 2.75) is 23.7 Å². The fraction of sp³-hybridized carbons (Fsp3) is 0.263. The summed E-state index contributed by atoms with van der Waals surface area (Å²) in [6.07, 6.45) is 1.64. The van der Waals surface area contributed by atoms with Gasteiger partial charge in [0.2, 0.25) is 10.0 Å². The van der Waals surface area contributed by atoms with E-state index in [1.54, 1.807) is 24.3 Å².